The summed E-state index contributed by atoms with van der Waals surface area (Å²) in [7, 11) is 1.30. The Morgan fingerprint density at radius 3 is 2.32 bits per heavy atom. The summed E-state index contributed by atoms with van der Waals surface area (Å²) in [6, 6.07) is 6.61. The third kappa shape index (κ3) is 6.80. The quantitative estimate of drug-likeness (QED) is 0.777. The highest BCUT2D eigenvalue weighted by Crippen LogP contribution is 2.15. The molecule has 1 rings (SSSR count). The molecule has 0 fully saturated rings. The number of rotatable bonds is 5. The van der Waals surface area contributed by atoms with Crippen molar-refractivity contribution in [2.75, 3.05) is 19.0 Å². The number of anilines is 1. The van der Waals surface area contributed by atoms with E-state index in [-0.39, 0.29) is 6.54 Å². The van der Waals surface area contributed by atoms with Crippen LogP contribution in [-0.4, -0.2) is 37.4 Å². The van der Waals surface area contributed by atoms with Crippen LogP contribution in [-0.2, 0) is 14.3 Å². The Morgan fingerprint density at radius 2 is 1.82 bits per heavy atom. The topological polar surface area (TPSA) is 76.7 Å². The maximum atomic E-state index is 11.8. The number of benzene rings is 1. The first-order valence-corrected chi connectivity index (χ1v) is 7.57. The number of methoxy groups -OCH3 is 1. The average molecular weight is 373 g/mol. The first kappa shape index (κ1) is 18.3. The zero-order valence-corrected chi connectivity index (χ0v) is 14.7. The van der Waals surface area contributed by atoms with Gasteiger partial charge in [0.05, 0.1) is 13.7 Å². The first-order valence-electron chi connectivity index (χ1n) is 6.78. The normalized spacial score (nSPS) is 12.2. The van der Waals surface area contributed by atoms with Gasteiger partial charge in [0.1, 0.15) is 11.6 Å². The van der Waals surface area contributed by atoms with Crippen molar-refractivity contribution in [2.24, 2.45) is 0 Å². The molecule has 0 spiro atoms. The Kier molecular flexibility index (Phi) is 6.67. The van der Waals surface area contributed by atoms with E-state index in [0.29, 0.717) is 0 Å². The molecule has 0 bridgehead atoms. The van der Waals surface area contributed by atoms with Crippen LogP contribution in [0.2, 0.25) is 0 Å². The predicted molar refractivity (Wildman–Crippen MR) is 87.8 cm³/mol. The molecule has 0 aromatic heterocycles. The number of ether oxygens (including phenoxy) is 2. The number of alkyl carbamates (subject to hydrolysis) is 1. The van der Waals surface area contributed by atoms with Crippen LogP contribution in [0.3, 0.4) is 0 Å². The van der Waals surface area contributed by atoms with Gasteiger partial charge in [-0.2, -0.15) is 0 Å². The van der Waals surface area contributed by atoms with Gasteiger partial charge in [0.15, 0.2) is 0 Å². The fraction of sp³-hybridized carbons (Fsp3) is 0.467. The van der Waals surface area contributed by atoms with Gasteiger partial charge >= 0.3 is 12.1 Å². The zero-order chi connectivity index (χ0) is 16.8. The molecule has 1 aromatic carbocycles. The summed E-state index contributed by atoms with van der Waals surface area (Å²) in [5.41, 5.74) is 0.147. The van der Waals surface area contributed by atoms with Crippen molar-refractivity contribution in [3.05, 3.63) is 28.7 Å². The van der Waals surface area contributed by atoms with E-state index in [1.807, 2.05) is 24.3 Å². The van der Waals surface area contributed by atoms with Crippen molar-refractivity contribution in [3.63, 3.8) is 0 Å². The van der Waals surface area contributed by atoms with Crippen molar-refractivity contribution in [1.29, 1.82) is 0 Å². The van der Waals surface area contributed by atoms with Gasteiger partial charge in [-0.15, -0.1) is 0 Å². The van der Waals surface area contributed by atoms with Gasteiger partial charge in [-0.1, -0.05) is 15.9 Å². The molecule has 0 aliphatic rings. The monoisotopic (exact) mass is 372 g/mol. The van der Waals surface area contributed by atoms with Crippen molar-refractivity contribution >= 4 is 33.7 Å². The fourth-order valence-corrected chi connectivity index (χ4v) is 1.85. The Bertz CT molecular complexity index is 511. The molecule has 1 aromatic rings. The number of halogens is 1. The number of amides is 1. The van der Waals surface area contributed by atoms with Gasteiger partial charge in [-0.05, 0) is 45.0 Å². The van der Waals surface area contributed by atoms with Crippen molar-refractivity contribution < 1.29 is 19.1 Å². The van der Waals surface area contributed by atoms with Crippen molar-refractivity contribution in [2.45, 2.75) is 32.4 Å². The average Bonchev–Trinajstić information content (AvgIpc) is 2.42. The zero-order valence-electron chi connectivity index (χ0n) is 13.1. The van der Waals surface area contributed by atoms with E-state index in [2.05, 4.69) is 26.6 Å². The molecule has 22 heavy (non-hydrogen) atoms. The van der Waals surface area contributed by atoms with Crippen LogP contribution in [0.15, 0.2) is 28.7 Å². The summed E-state index contributed by atoms with van der Waals surface area (Å²) in [5, 5.41) is 5.56. The maximum absolute atomic E-state index is 11.8. The number of esters is 1. The van der Waals surface area contributed by atoms with Crippen LogP contribution in [0.4, 0.5) is 10.5 Å². The maximum Gasteiger partial charge on any atom is 0.407 e. The highest BCUT2D eigenvalue weighted by molar-refractivity contribution is 9.10. The van der Waals surface area contributed by atoms with E-state index < -0.39 is 23.7 Å². The van der Waals surface area contributed by atoms with Gasteiger partial charge in [0.25, 0.3) is 0 Å². The van der Waals surface area contributed by atoms with Crippen LogP contribution >= 0.6 is 15.9 Å². The third-order valence-corrected chi connectivity index (χ3v) is 3.05. The van der Waals surface area contributed by atoms with Crippen molar-refractivity contribution in [1.82, 2.24) is 5.32 Å². The largest absolute Gasteiger partial charge is 0.467 e. The molecule has 0 aliphatic heterocycles. The number of hydrogen-bond donors (Lipinski definition) is 2. The van der Waals surface area contributed by atoms with Gasteiger partial charge in [0.2, 0.25) is 0 Å². The van der Waals surface area contributed by atoms with E-state index in [4.69, 9.17) is 9.47 Å². The lowest BCUT2D eigenvalue weighted by Crippen LogP contribution is -2.43. The summed E-state index contributed by atoms with van der Waals surface area (Å²) in [4.78, 5) is 23.4. The molecule has 2 N–H and O–H groups in total. The molecule has 1 unspecified atom stereocenters. The molecule has 0 aliphatic carbocycles. The van der Waals surface area contributed by atoms with E-state index >= 15 is 0 Å². The number of nitrogens with one attached hydrogen (secondary N) is 2. The lowest BCUT2D eigenvalue weighted by atomic mass is 10.2. The molecular weight excluding hydrogens is 352 g/mol. The lowest BCUT2D eigenvalue weighted by Gasteiger charge is -2.22. The molecule has 1 atom stereocenters. The summed E-state index contributed by atoms with van der Waals surface area (Å²) < 4.78 is 10.8. The van der Waals surface area contributed by atoms with Crippen molar-refractivity contribution in [3.8, 4) is 0 Å². The number of hydrogen-bond acceptors (Lipinski definition) is 5. The van der Waals surface area contributed by atoms with Crippen LogP contribution < -0.4 is 10.6 Å². The SMILES string of the molecule is COC(=O)C(CNC(=O)OC(C)(C)C)Nc1ccc(Br)cc1. The predicted octanol–water partition coefficient (Wildman–Crippen LogP) is 2.93. The van der Waals surface area contributed by atoms with Crippen LogP contribution in [0.5, 0.6) is 0 Å². The third-order valence-electron chi connectivity index (χ3n) is 2.52. The van der Waals surface area contributed by atoms with E-state index in [1.54, 1.807) is 20.8 Å². The Balaban J connectivity index is 2.63. The second-order valence-electron chi connectivity index (χ2n) is 5.61. The van der Waals surface area contributed by atoms with Crippen LogP contribution in [0.1, 0.15) is 20.8 Å². The molecule has 0 saturated heterocycles. The Morgan fingerprint density at radius 1 is 1.23 bits per heavy atom. The van der Waals surface area contributed by atoms with Crippen LogP contribution in [0.25, 0.3) is 0 Å². The van der Waals surface area contributed by atoms with E-state index in [9.17, 15) is 9.59 Å². The molecule has 7 heteroatoms. The number of carbonyl (C=O) groups excluding carboxylic acids is 2. The van der Waals surface area contributed by atoms with Gasteiger partial charge in [-0.3, -0.25) is 0 Å². The molecular formula is C15H21BrN2O4. The van der Waals surface area contributed by atoms with Gasteiger partial charge < -0.3 is 20.1 Å². The fourth-order valence-electron chi connectivity index (χ4n) is 1.58. The summed E-state index contributed by atoms with van der Waals surface area (Å²) in [6.45, 7) is 5.36. The molecule has 1 amide bonds. The molecule has 0 radical (unpaired) electrons. The lowest BCUT2D eigenvalue weighted by molar-refractivity contribution is -0.141. The second kappa shape index (κ2) is 8.03. The molecule has 122 valence electrons. The van der Waals surface area contributed by atoms with E-state index in [1.165, 1.54) is 7.11 Å². The minimum absolute atomic E-state index is 0.0532. The van der Waals surface area contributed by atoms with E-state index in [0.717, 1.165) is 10.2 Å². The Labute approximate surface area is 138 Å². The summed E-state index contributed by atoms with van der Waals surface area (Å²) >= 11 is 3.34. The highest BCUT2D eigenvalue weighted by Gasteiger charge is 2.22. The van der Waals surface area contributed by atoms with Gasteiger partial charge in [0, 0.05) is 10.2 Å². The van der Waals surface area contributed by atoms with Gasteiger partial charge in [-0.25, -0.2) is 9.59 Å². The smallest absolute Gasteiger partial charge is 0.407 e. The summed E-state index contributed by atoms with van der Waals surface area (Å²) in [6.07, 6.45) is -0.584. The first-order chi connectivity index (χ1) is 10.2. The summed E-state index contributed by atoms with van der Waals surface area (Å²) in [5.74, 6) is -0.473. The minimum atomic E-state index is -0.710. The number of carbonyl (C=O) groups is 2. The molecule has 0 heterocycles. The highest BCUT2D eigenvalue weighted by atomic mass is 79.9. The van der Waals surface area contributed by atoms with Crippen LogP contribution in [0, 0.1) is 0 Å². The molecule has 6 nitrogen and oxygen atoms in total. The molecule has 0 saturated carbocycles. The standard InChI is InChI=1S/C15H21BrN2O4/c1-15(2,3)22-14(20)17-9-12(13(19)21-4)18-11-7-5-10(16)6-8-11/h5-8,12,18H,9H2,1-4H3,(H,17,20). The Hall–Kier alpha value is -1.76. The minimum Gasteiger partial charge on any atom is -0.467 e. The second-order valence-corrected chi connectivity index (χ2v) is 6.53.